The first-order valence-corrected chi connectivity index (χ1v) is 13.1. The molecule has 3 heterocycles. The van der Waals surface area contributed by atoms with Crippen molar-refractivity contribution in [3.8, 4) is 6.07 Å². The number of ether oxygens (including phenoxy) is 1. The van der Waals surface area contributed by atoms with Gasteiger partial charge in [-0.05, 0) is 74.9 Å². The second-order valence-corrected chi connectivity index (χ2v) is 10.5. The summed E-state index contributed by atoms with van der Waals surface area (Å²) < 4.78 is 21.3. The fraction of sp³-hybridized carbons (Fsp3) is 0.483. The molecule has 1 atom stereocenters. The molecule has 194 valence electrons. The smallest absolute Gasteiger partial charge is 0.252 e. The van der Waals surface area contributed by atoms with Crippen LogP contribution in [0.25, 0.3) is 11.0 Å². The van der Waals surface area contributed by atoms with E-state index in [9.17, 15) is 14.4 Å². The van der Waals surface area contributed by atoms with Gasteiger partial charge in [-0.15, -0.1) is 0 Å². The summed E-state index contributed by atoms with van der Waals surface area (Å²) in [6.45, 7) is 4.32. The zero-order valence-corrected chi connectivity index (χ0v) is 21.8. The maximum absolute atomic E-state index is 14.0. The molecule has 1 aliphatic heterocycles. The van der Waals surface area contributed by atoms with E-state index in [0.717, 1.165) is 68.8 Å². The normalized spacial score (nSPS) is 21.6. The Kier molecular flexibility index (Phi) is 7.16. The average molecular weight is 504 g/mol. The Balaban J connectivity index is 1.37. The van der Waals surface area contributed by atoms with Crippen molar-refractivity contribution >= 4 is 22.4 Å². The Labute approximate surface area is 217 Å². The van der Waals surface area contributed by atoms with Gasteiger partial charge in [0.2, 0.25) is 0 Å². The first kappa shape index (κ1) is 25.2. The highest BCUT2D eigenvalue weighted by molar-refractivity contribution is 5.88. The van der Waals surface area contributed by atoms with Gasteiger partial charge in [-0.25, -0.2) is 9.37 Å². The van der Waals surface area contributed by atoms with Crippen molar-refractivity contribution in [2.45, 2.75) is 51.1 Å². The number of hydrogen-bond donors (Lipinski definition) is 0. The average Bonchev–Trinajstić information content (AvgIpc) is 3.44. The SMILES string of the molecule is Cc1cc(N(CC2CCOC2)C2CCC(N(C)c3cc(=O)n(C)c4ccc(C#N)nc34)CC2)ccc1F. The molecule has 1 aliphatic carbocycles. The molecule has 1 unspecified atom stereocenters. The summed E-state index contributed by atoms with van der Waals surface area (Å²) in [5.74, 6) is 0.311. The molecule has 1 saturated heterocycles. The molecule has 0 radical (unpaired) electrons. The maximum Gasteiger partial charge on any atom is 0.252 e. The van der Waals surface area contributed by atoms with E-state index in [1.54, 1.807) is 35.9 Å². The Morgan fingerprint density at radius 3 is 2.57 bits per heavy atom. The van der Waals surface area contributed by atoms with Crippen molar-refractivity contribution in [1.82, 2.24) is 9.55 Å². The van der Waals surface area contributed by atoms with Gasteiger partial charge in [0.25, 0.3) is 5.56 Å². The van der Waals surface area contributed by atoms with E-state index in [-0.39, 0.29) is 17.4 Å². The summed E-state index contributed by atoms with van der Waals surface area (Å²) in [6, 6.07) is 13.3. The fourth-order valence-electron chi connectivity index (χ4n) is 5.88. The summed E-state index contributed by atoms with van der Waals surface area (Å²) in [7, 11) is 3.76. The highest BCUT2D eigenvalue weighted by Gasteiger charge is 2.31. The van der Waals surface area contributed by atoms with Gasteiger partial charge in [-0.2, -0.15) is 5.26 Å². The van der Waals surface area contributed by atoms with Gasteiger partial charge in [-0.3, -0.25) is 4.79 Å². The predicted molar refractivity (Wildman–Crippen MR) is 144 cm³/mol. The Bertz CT molecular complexity index is 1380. The lowest BCUT2D eigenvalue weighted by Gasteiger charge is -2.42. The summed E-state index contributed by atoms with van der Waals surface area (Å²) in [5.41, 5.74) is 4.16. The third kappa shape index (κ3) is 5.05. The molecular weight excluding hydrogens is 469 g/mol. The van der Waals surface area contributed by atoms with E-state index in [1.807, 2.05) is 26.1 Å². The number of hydrogen-bond acceptors (Lipinski definition) is 6. The zero-order chi connectivity index (χ0) is 26.1. The van der Waals surface area contributed by atoms with Crippen LogP contribution >= 0.6 is 0 Å². The van der Waals surface area contributed by atoms with Gasteiger partial charge in [0, 0.05) is 57.0 Å². The molecule has 2 aromatic heterocycles. The summed E-state index contributed by atoms with van der Waals surface area (Å²) in [5, 5.41) is 9.38. The lowest BCUT2D eigenvalue weighted by molar-refractivity contribution is 0.185. The number of rotatable bonds is 6. The van der Waals surface area contributed by atoms with E-state index in [0.29, 0.717) is 28.7 Å². The molecule has 0 N–H and O–H groups in total. The molecule has 2 fully saturated rings. The minimum Gasteiger partial charge on any atom is -0.381 e. The second kappa shape index (κ2) is 10.5. The standard InChI is InChI=1S/C29H34FN5O2/c1-19-14-24(9-10-25(19)30)35(17-20-12-13-37-18-20)23-7-5-22(6-8-23)33(2)27-15-28(36)34(3)26-11-4-21(16-31)32-29(26)27/h4,9-11,14-15,20,22-23H,5-8,12-13,17-18H2,1-3H3. The first-order chi connectivity index (χ1) is 17.9. The quantitative estimate of drug-likeness (QED) is 0.492. The molecular formula is C29H34FN5O2. The summed E-state index contributed by atoms with van der Waals surface area (Å²) in [4.78, 5) is 21.9. The highest BCUT2D eigenvalue weighted by atomic mass is 19.1. The molecule has 3 aromatic rings. The largest absolute Gasteiger partial charge is 0.381 e. The van der Waals surface area contributed by atoms with Crippen LogP contribution in [0.4, 0.5) is 15.8 Å². The molecule has 0 amide bonds. The summed E-state index contributed by atoms with van der Waals surface area (Å²) >= 11 is 0. The number of benzene rings is 1. The molecule has 2 aliphatic rings. The third-order valence-corrected chi connectivity index (χ3v) is 8.17. The Morgan fingerprint density at radius 2 is 1.89 bits per heavy atom. The van der Waals surface area contributed by atoms with E-state index in [2.05, 4.69) is 20.9 Å². The fourth-order valence-corrected chi connectivity index (χ4v) is 5.88. The number of fused-ring (bicyclic) bond motifs is 1. The van der Waals surface area contributed by atoms with Gasteiger partial charge < -0.3 is 19.1 Å². The van der Waals surface area contributed by atoms with Crippen LogP contribution in [0.15, 0.2) is 41.2 Å². The predicted octanol–water partition coefficient (Wildman–Crippen LogP) is 4.54. The van der Waals surface area contributed by atoms with Gasteiger partial charge >= 0.3 is 0 Å². The van der Waals surface area contributed by atoms with Crippen LogP contribution < -0.4 is 15.4 Å². The molecule has 0 bridgehead atoms. The molecule has 7 nitrogen and oxygen atoms in total. The highest BCUT2D eigenvalue weighted by Crippen LogP contribution is 2.34. The zero-order valence-electron chi connectivity index (χ0n) is 21.8. The van der Waals surface area contributed by atoms with Crippen LogP contribution in [0.1, 0.15) is 43.4 Å². The van der Waals surface area contributed by atoms with Crippen LogP contribution in [0, 0.1) is 30.0 Å². The molecule has 0 spiro atoms. The number of nitrogens with zero attached hydrogens (tertiary/aromatic N) is 5. The van der Waals surface area contributed by atoms with Crippen LogP contribution in [-0.2, 0) is 11.8 Å². The van der Waals surface area contributed by atoms with Crippen molar-refractivity contribution < 1.29 is 9.13 Å². The maximum atomic E-state index is 14.0. The number of anilines is 2. The minimum absolute atomic E-state index is 0.0915. The van der Waals surface area contributed by atoms with Crippen molar-refractivity contribution in [3.05, 3.63) is 63.8 Å². The second-order valence-electron chi connectivity index (χ2n) is 10.5. The number of aryl methyl sites for hydroxylation is 2. The Hall–Kier alpha value is -3.44. The number of halogens is 1. The van der Waals surface area contributed by atoms with Crippen LogP contribution in [0.2, 0.25) is 0 Å². The van der Waals surface area contributed by atoms with E-state index >= 15 is 0 Å². The van der Waals surface area contributed by atoms with Gasteiger partial charge in [0.1, 0.15) is 23.1 Å². The number of nitriles is 1. The van der Waals surface area contributed by atoms with Crippen molar-refractivity contribution in [3.63, 3.8) is 0 Å². The molecule has 8 heteroatoms. The van der Waals surface area contributed by atoms with Crippen LogP contribution in [0.5, 0.6) is 0 Å². The molecule has 37 heavy (non-hydrogen) atoms. The summed E-state index contributed by atoms with van der Waals surface area (Å²) in [6.07, 6.45) is 4.99. The topological polar surface area (TPSA) is 74.4 Å². The van der Waals surface area contributed by atoms with E-state index in [4.69, 9.17) is 4.74 Å². The number of aromatic nitrogens is 2. The van der Waals surface area contributed by atoms with Gasteiger partial charge in [0.15, 0.2) is 0 Å². The van der Waals surface area contributed by atoms with Crippen LogP contribution in [0.3, 0.4) is 0 Å². The van der Waals surface area contributed by atoms with Crippen molar-refractivity contribution in [1.29, 1.82) is 5.26 Å². The lowest BCUT2D eigenvalue weighted by atomic mass is 9.88. The molecule has 1 aromatic carbocycles. The van der Waals surface area contributed by atoms with E-state index < -0.39 is 0 Å². The van der Waals surface area contributed by atoms with Crippen molar-refractivity contribution in [2.75, 3.05) is 36.6 Å². The van der Waals surface area contributed by atoms with Crippen molar-refractivity contribution in [2.24, 2.45) is 13.0 Å². The number of pyridine rings is 2. The van der Waals surface area contributed by atoms with E-state index in [1.165, 1.54) is 0 Å². The van der Waals surface area contributed by atoms with Gasteiger partial charge in [-0.1, -0.05) is 0 Å². The first-order valence-electron chi connectivity index (χ1n) is 13.1. The molecule has 1 saturated carbocycles. The van der Waals surface area contributed by atoms with Gasteiger partial charge in [0.05, 0.1) is 17.8 Å². The Morgan fingerprint density at radius 1 is 1.14 bits per heavy atom. The van der Waals surface area contributed by atoms with Crippen LogP contribution in [-0.4, -0.2) is 48.4 Å². The lowest BCUT2D eigenvalue weighted by Crippen LogP contribution is -2.45. The monoisotopic (exact) mass is 503 g/mol. The molecule has 5 rings (SSSR count). The minimum atomic E-state index is -0.173. The third-order valence-electron chi connectivity index (χ3n) is 8.17.